The average molecular weight is 339 g/mol. The predicted molar refractivity (Wildman–Crippen MR) is 88.0 cm³/mol. The second-order valence-corrected chi connectivity index (χ2v) is 7.56. The first kappa shape index (κ1) is 18.0. The summed E-state index contributed by atoms with van der Waals surface area (Å²) in [5.41, 5.74) is 8.97. The Morgan fingerprint density at radius 1 is 1.08 bits per heavy atom. The van der Waals surface area contributed by atoms with E-state index >= 15 is 0 Å². The number of hydrogen-bond donors (Lipinski definition) is 0. The zero-order chi connectivity index (χ0) is 17.4. The third-order valence-corrected chi connectivity index (χ3v) is 6.30. The smallest absolute Gasteiger partial charge is 0.167 e. The minimum atomic E-state index is -0.530. The van der Waals surface area contributed by atoms with Crippen LogP contribution >= 0.6 is 0 Å². The Labute approximate surface area is 143 Å². The van der Waals surface area contributed by atoms with Gasteiger partial charge in [0.2, 0.25) is 0 Å². The van der Waals surface area contributed by atoms with E-state index in [-0.39, 0.29) is 42.5 Å². The van der Waals surface area contributed by atoms with Crippen LogP contribution in [-0.4, -0.2) is 43.5 Å². The fraction of sp³-hybridized carbons (Fsp3) is 1.00. The molecule has 0 radical (unpaired) electrons. The van der Waals surface area contributed by atoms with Crippen molar-refractivity contribution in [1.82, 2.24) is 0 Å². The van der Waals surface area contributed by atoms with E-state index in [4.69, 9.17) is 24.5 Å². The number of nitrogens with zero attached hydrogens (tertiary/aromatic N) is 3. The molecule has 0 aliphatic carbocycles. The predicted octanol–water partition coefficient (Wildman–Crippen LogP) is 3.48. The Kier molecular flexibility index (Phi) is 5.37. The minimum absolute atomic E-state index is 0.0775. The topological polar surface area (TPSA) is 85.7 Å². The summed E-state index contributed by atoms with van der Waals surface area (Å²) in [4.78, 5) is 3.03. The van der Waals surface area contributed by atoms with Crippen LogP contribution in [-0.2, 0) is 18.9 Å². The number of hydrogen-bond acceptors (Lipinski definition) is 5. The van der Waals surface area contributed by atoms with E-state index in [0.29, 0.717) is 18.4 Å². The summed E-state index contributed by atoms with van der Waals surface area (Å²) < 4.78 is 24.2. The molecule has 10 atom stereocenters. The van der Waals surface area contributed by atoms with Gasteiger partial charge in [0.05, 0.1) is 24.9 Å². The number of fused-ring (bicyclic) bond motifs is 2. The van der Waals surface area contributed by atoms with Gasteiger partial charge in [-0.25, -0.2) is 0 Å². The molecule has 0 amide bonds. The average Bonchev–Trinajstić information content (AvgIpc) is 3.02. The van der Waals surface area contributed by atoms with Crippen molar-refractivity contribution in [2.24, 2.45) is 28.8 Å². The maximum atomic E-state index is 8.97. The summed E-state index contributed by atoms with van der Waals surface area (Å²) in [7, 11) is 0. The molecule has 7 nitrogen and oxygen atoms in total. The first-order valence-corrected chi connectivity index (χ1v) is 9.10. The van der Waals surface area contributed by atoms with E-state index in [1.807, 2.05) is 0 Å². The van der Waals surface area contributed by atoms with E-state index in [1.54, 1.807) is 0 Å². The van der Waals surface area contributed by atoms with Crippen LogP contribution in [0, 0.1) is 23.7 Å². The second-order valence-electron chi connectivity index (χ2n) is 7.56. The molecule has 0 aromatic rings. The Morgan fingerprint density at radius 3 is 2.50 bits per heavy atom. The van der Waals surface area contributed by atoms with Crippen molar-refractivity contribution < 1.29 is 18.9 Å². The third kappa shape index (κ3) is 3.04. The van der Waals surface area contributed by atoms with Crippen LogP contribution in [0.4, 0.5) is 0 Å². The van der Waals surface area contributed by atoms with Crippen LogP contribution in [0.25, 0.3) is 10.4 Å². The van der Waals surface area contributed by atoms with Gasteiger partial charge in [0.15, 0.2) is 12.6 Å². The minimum Gasteiger partial charge on any atom is -0.350 e. The van der Waals surface area contributed by atoms with Crippen LogP contribution in [0.2, 0.25) is 0 Å². The molecule has 2 bridgehead atoms. The van der Waals surface area contributed by atoms with E-state index in [9.17, 15) is 0 Å². The van der Waals surface area contributed by atoms with Gasteiger partial charge in [-0.3, -0.25) is 0 Å². The lowest BCUT2D eigenvalue weighted by molar-refractivity contribution is -0.283. The van der Waals surface area contributed by atoms with Gasteiger partial charge in [-0.2, -0.15) is 0 Å². The molecule has 136 valence electrons. The van der Waals surface area contributed by atoms with Gasteiger partial charge in [0.1, 0.15) is 6.10 Å². The Bertz CT molecular complexity index is 498. The molecule has 0 saturated carbocycles. The van der Waals surface area contributed by atoms with Gasteiger partial charge in [-0.1, -0.05) is 39.7 Å². The molecule has 3 heterocycles. The lowest BCUT2D eigenvalue weighted by Gasteiger charge is -2.46. The van der Waals surface area contributed by atoms with Crippen molar-refractivity contribution in [3.63, 3.8) is 0 Å². The molecule has 3 aliphatic rings. The van der Waals surface area contributed by atoms with Crippen molar-refractivity contribution in [3.8, 4) is 0 Å². The van der Waals surface area contributed by atoms with Crippen molar-refractivity contribution in [1.29, 1.82) is 0 Å². The van der Waals surface area contributed by atoms with Gasteiger partial charge in [0, 0.05) is 10.8 Å². The molecule has 7 heteroatoms. The molecule has 24 heavy (non-hydrogen) atoms. The van der Waals surface area contributed by atoms with E-state index in [2.05, 4.69) is 44.6 Å². The molecule has 3 saturated heterocycles. The van der Waals surface area contributed by atoms with Crippen molar-refractivity contribution in [2.75, 3.05) is 6.61 Å². The standard InChI is InChI=1S/C17H29N3O4/c1-6-12-8(2)9(3)14(19-20-18)17(22-12)24-15-10(4)11(5)16-21-7-13(15)23-16/h8-17H,6-7H2,1-5H3/t8?,9-,10+,11+,12?,13?,14?,15?,16?,17?/m0/s1. The highest BCUT2D eigenvalue weighted by atomic mass is 16.7. The molecule has 3 fully saturated rings. The maximum Gasteiger partial charge on any atom is 0.167 e. The maximum absolute atomic E-state index is 8.97. The van der Waals surface area contributed by atoms with E-state index in [0.717, 1.165) is 6.42 Å². The molecule has 3 rings (SSSR count). The normalized spacial score (nSPS) is 51.2. The monoisotopic (exact) mass is 339 g/mol. The number of ether oxygens (including phenoxy) is 4. The van der Waals surface area contributed by atoms with Gasteiger partial charge in [0.25, 0.3) is 0 Å². The second kappa shape index (κ2) is 7.18. The fourth-order valence-corrected chi connectivity index (χ4v) is 4.21. The molecule has 0 N–H and O–H groups in total. The lowest BCUT2D eigenvalue weighted by atomic mass is 9.81. The summed E-state index contributed by atoms with van der Waals surface area (Å²) >= 11 is 0. The van der Waals surface area contributed by atoms with Crippen molar-refractivity contribution in [3.05, 3.63) is 10.4 Å². The number of rotatable bonds is 4. The zero-order valence-corrected chi connectivity index (χ0v) is 15.2. The van der Waals surface area contributed by atoms with Crippen LogP contribution in [0.1, 0.15) is 41.0 Å². The van der Waals surface area contributed by atoms with Crippen LogP contribution in [0.15, 0.2) is 5.11 Å². The highest BCUT2D eigenvalue weighted by molar-refractivity contribution is 4.94. The van der Waals surface area contributed by atoms with Crippen LogP contribution < -0.4 is 0 Å². The van der Waals surface area contributed by atoms with Gasteiger partial charge >= 0.3 is 0 Å². The number of azide groups is 1. The summed E-state index contributed by atoms with van der Waals surface area (Å²) in [6.07, 6.45) is 0.171. The SMILES string of the molecule is CCC1OC(OC2C3COC(O3)[C@H](C)[C@H]2C)C(N=[N+]=[N-])[C@@H](C)C1C. The summed E-state index contributed by atoms with van der Waals surface area (Å²) in [5, 5.41) is 3.99. The van der Waals surface area contributed by atoms with E-state index < -0.39 is 6.29 Å². The highest BCUT2D eigenvalue weighted by Crippen LogP contribution is 2.41. The molecule has 0 aromatic heterocycles. The molecular weight excluding hydrogens is 310 g/mol. The third-order valence-electron chi connectivity index (χ3n) is 6.30. The zero-order valence-electron chi connectivity index (χ0n) is 15.2. The molecule has 3 aliphatic heterocycles. The molecule has 0 aromatic carbocycles. The van der Waals surface area contributed by atoms with Crippen LogP contribution in [0.5, 0.6) is 0 Å². The van der Waals surface area contributed by atoms with Crippen molar-refractivity contribution in [2.45, 2.75) is 78.0 Å². The van der Waals surface area contributed by atoms with Gasteiger partial charge < -0.3 is 18.9 Å². The summed E-state index contributed by atoms with van der Waals surface area (Å²) in [6, 6.07) is -0.324. The molecule has 0 spiro atoms. The highest BCUT2D eigenvalue weighted by Gasteiger charge is 2.50. The molecular formula is C17H29N3O4. The Morgan fingerprint density at radius 2 is 1.83 bits per heavy atom. The Balaban J connectivity index is 1.79. The Hall–Kier alpha value is -0.850. The summed E-state index contributed by atoms with van der Waals surface area (Å²) in [6.45, 7) is 11.2. The largest absolute Gasteiger partial charge is 0.350 e. The summed E-state index contributed by atoms with van der Waals surface area (Å²) in [5.74, 6) is 1.08. The van der Waals surface area contributed by atoms with Crippen LogP contribution in [0.3, 0.4) is 0 Å². The van der Waals surface area contributed by atoms with Crippen molar-refractivity contribution >= 4 is 0 Å². The van der Waals surface area contributed by atoms with Gasteiger partial charge in [-0.05, 0) is 29.7 Å². The molecule has 7 unspecified atom stereocenters. The fourth-order valence-electron chi connectivity index (χ4n) is 4.21. The first-order valence-electron chi connectivity index (χ1n) is 9.10. The quantitative estimate of drug-likeness (QED) is 0.446. The lowest BCUT2D eigenvalue weighted by Crippen LogP contribution is -2.54. The first-order chi connectivity index (χ1) is 11.5. The van der Waals surface area contributed by atoms with Gasteiger partial charge in [-0.15, -0.1) is 0 Å². The van der Waals surface area contributed by atoms with E-state index in [1.165, 1.54) is 0 Å².